The Balaban J connectivity index is 2.12. The molecule has 0 bridgehead atoms. The highest BCUT2D eigenvalue weighted by Crippen LogP contribution is 2.27. The number of rotatable bonds is 5. The van der Waals surface area contributed by atoms with Crippen molar-refractivity contribution in [2.24, 2.45) is 11.7 Å². The molecule has 0 radical (unpaired) electrons. The molecule has 3 N–H and O–H groups in total. The Kier molecular flexibility index (Phi) is 5.50. The summed E-state index contributed by atoms with van der Waals surface area (Å²) in [6.45, 7) is 0. The van der Waals surface area contributed by atoms with E-state index in [4.69, 9.17) is 22.7 Å². The number of thiocarbonyl (C=S) groups is 1. The molecule has 1 amide bonds. The highest BCUT2D eigenvalue weighted by Gasteiger charge is 2.28. The van der Waals surface area contributed by atoms with Crippen LogP contribution in [0.2, 0.25) is 0 Å². The van der Waals surface area contributed by atoms with Gasteiger partial charge in [0.2, 0.25) is 0 Å². The lowest BCUT2D eigenvalue weighted by Crippen LogP contribution is -2.48. The Morgan fingerprint density at radius 1 is 1.48 bits per heavy atom. The predicted molar refractivity (Wildman–Crippen MR) is 85.4 cm³/mol. The summed E-state index contributed by atoms with van der Waals surface area (Å²) < 4.78 is 5.17. The highest BCUT2D eigenvalue weighted by atomic mass is 32.1. The standard InChI is InChI=1S/C15H21N3O2S/c1-20-12-9-17-8-7-11(12)15(19)18-13(14(16)21)10-5-3-2-4-6-10/h7-10,13H,2-6H2,1H3,(H2,16,21)(H,18,19). The van der Waals surface area contributed by atoms with Crippen molar-refractivity contribution in [1.82, 2.24) is 10.3 Å². The van der Waals surface area contributed by atoms with Gasteiger partial charge in [0.25, 0.3) is 5.91 Å². The monoisotopic (exact) mass is 307 g/mol. The fourth-order valence-corrected chi connectivity index (χ4v) is 3.09. The van der Waals surface area contributed by atoms with Gasteiger partial charge in [-0.3, -0.25) is 9.78 Å². The Morgan fingerprint density at radius 3 is 2.81 bits per heavy atom. The molecular formula is C15H21N3O2S. The number of carbonyl (C=O) groups excluding carboxylic acids is 1. The molecular weight excluding hydrogens is 286 g/mol. The predicted octanol–water partition coefficient (Wildman–Crippen LogP) is 2.05. The SMILES string of the molecule is COc1cnccc1C(=O)NC(C(N)=S)C1CCCCC1. The second kappa shape index (κ2) is 7.36. The summed E-state index contributed by atoms with van der Waals surface area (Å²) >= 11 is 5.15. The largest absolute Gasteiger partial charge is 0.494 e. The molecule has 0 saturated heterocycles. The zero-order chi connectivity index (χ0) is 15.2. The molecule has 0 aliphatic heterocycles. The quantitative estimate of drug-likeness (QED) is 0.814. The molecule has 5 nitrogen and oxygen atoms in total. The van der Waals surface area contributed by atoms with E-state index >= 15 is 0 Å². The molecule has 1 aliphatic rings. The van der Waals surface area contributed by atoms with E-state index in [0.29, 0.717) is 22.2 Å². The molecule has 1 fully saturated rings. The van der Waals surface area contributed by atoms with Crippen molar-refractivity contribution in [2.45, 2.75) is 38.1 Å². The summed E-state index contributed by atoms with van der Waals surface area (Å²) in [5.74, 6) is 0.547. The number of nitrogens with one attached hydrogen (secondary N) is 1. The Hall–Kier alpha value is -1.69. The first-order chi connectivity index (χ1) is 10.1. The van der Waals surface area contributed by atoms with Crippen LogP contribution in [-0.4, -0.2) is 29.0 Å². The van der Waals surface area contributed by atoms with Crippen LogP contribution in [0.25, 0.3) is 0 Å². The molecule has 1 unspecified atom stereocenters. The molecule has 1 heterocycles. The van der Waals surface area contributed by atoms with Gasteiger partial charge in [-0.15, -0.1) is 0 Å². The number of aromatic nitrogens is 1. The average molecular weight is 307 g/mol. The molecule has 1 saturated carbocycles. The Morgan fingerprint density at radius 2 is 2.19 bits per heavy atom. The number of amides is 1. The molecule has 1 aromatic rings. The number of hydrogen-bond acceptors (Lipinski definition) is 4. The van der Waals surface area contributed by atoms with Gasteiger partial charge < -0.3 is 15.8 Å². The minimum Gasteiger partial charge on any atom is -0.494 e. The van der Waals surface area contributed by atoms with E-state index in [2.05, 4.69) is 10.3 Å². The topological polar surface area (TPSA) is 77.2 Å². The third-order valence-corrected chi connectivity index (χ3v) is 4.22. The maximum absolute atomic E-state index is 12.4. The number of methoxy groups -OCH3 is 1. The lowest BCUT2D eigenvalue weighted by Gasteiger charge is -2.30. The third-order valence-electron chi connectivity index (χ3n) is 3.96. The van der Waals surface area contributed by atoms with Crippen molar-refractivity contribution < 1.29 is 9.53 Å². The smallest absolute Gasteiger partial charge is 0.255 e. The van der Waals surface area contributed by atoms with Gasteiger partial charge in [-0.2, -0.15) is 0 Å². The summed E-state index contributed by atoms with van der Waals surface area (Å²) in [5.41, 5.74) is 6.29. The lowest BCUT2D eigenvalue weighted by molar-refractivity contribution is 0.0928. The zero-order valence-electron chi connectivity index (χ0n) is 12.2. The van der Waals surface area contributed by atoms with Crippen molar-refractivity contribution in [3.8, 4) is 5.75 Å². The van der Waals surface area contributed by atoms with Crippen LogP contribution < -0.4 is 15.8 Å². The van der Waals surface area contributed by atoms with E-state index < -0.39 is 0 Å². The highest BCUT2D eigenvalue weighted by molar-refractivity contribution is 7.80. The molecule has 6 heteroatoms. The Labute approximate surface area is 130 Å². The number of nitrogens with two attached hydrogens (primary N) is 1. The zero-order valence-corrected chi connectivity index (χ0v) is 13.0. The Bertz CT molecular complexity index is 515. The molecule has 0 aromatic carbocycles. The van der Waals surface area contributed by atoms with Gasteiger partial charge in [0, 0.05) is 6.20 Å². The summed E-state index contributed by atoms with van der Waals surface area (Å²) in [6, 6.07) is 1.37. The van der Waals surface area contributed by atoms with Crippen LogP contribution >= 0.6 is 12.2 Å². The van der Waals surface area contributed by atoms with Crippen LogP contribution in [0.4, 0.5) is 0 Å². The van der Waals surface area contributed by atoms with Crippen molar-refractivity contribution in [2.75, 3.05) is 7.11 Å². The van der Waals surface area contributed by atoms with Gasteiger partial charge in [0.15, 0.2) is 0 Å². The molecule has 2 rings (SSSR count). The summed E-state index contributed by atoms with van der Waals surface area (Å²) in [6.07, 6.45) is 8.76. The number of nitrogens with zero attached hydrogens (tertiary/aromatic N) is 1. The van der Waals surface area contributed by atoms with Crippen molar-refractivity contribution >= 4 is 23.1 Å². The maximum Gasteiger partial charge on any atom is 0.255 e. The van der Waals surface area contributed by atoms with Gasteiger partial charge in [-0.25, -0.2) is 0 Å². The van der Waals surface area contributed by atoms with Crippen molar-refractivity contribution in [3.63, 3.8) is 0 Å². The molecule has 114 valence electrons. The number of hydrogen-bond donors (Lipinski definition) is 2. The first kappa shape index (κ1) is 15.7. The van der Waals surface area contributed by atoms with Crippen LogP contribution in [0.5, 0.6) is 5.75 Å². The van der Waals surface area contributed by atoms with Crippen LogP contribution in [0, 0.1) is 5.92 Å². The number of ether oxygens (including phenoxy) is 1. The fourth-order valence-electron chi connectivity index (χ4n) is 2.84. The van der Waals surface area contributed by atoms with Gasteiger partial charge in [0.1, 0.15) is 5.75 Å². The summed E-state index contributed by atoms with van der Waals surface area (Å²) in [7, 11) is 1.51. The number of pyridine rings is 1. The van der Waals surface area contributed by atoms with Crippen LogP contribution in [-0.2, 0) is 0 Å². The van der Waals surface area contributed by atoms with E-state index in [1.54, 1.807) is 12.3 Å². The van der Waals surface area contributed by atoms with E-state index in [0.717, 1.165) is 25.7 Å². The van der Waals surface area contributed by atoms with Crippen molar-refractivity contribution in [1.29, 1.82) is 0 Å². The first-order valence-corrected chi connectivity index (χ1v) is 7.62. The summed E-state index contributed by atoms with van der Waals surface area (Å²) in [4.78, 5) is 16.7. The van der Waals surface area contributed by atoms with Crippen LogP contribution in [0.1, 0.15) is 42.5 Å². The minimum absolute atomic E-state index is 0.224. The molecule has 1 atom stereocenters. The molecule has 21 heavy (non-hydrogen) atoms. The lowest BCUT2D eigenvalue weighted by atomic mass is 9.83. The third kappa shape index (κ3) is 3.91. The second-order valence-electron chi connectivity index (χ2n) is 5.33. The normalized spacial score (nSPS) is 17.0. The van der Waals surface area contributed by atoms with Gasteiger partial charge >= 0.3 is 0 Å². The molecule has 1 aromatic heterocycles. The first-order valence-electron chi connectivity index (χ1n) is 7.21. The second-order valence-corrected chi connectivity index (χ2v) is 5.80. The summed E-state index contributed by atoms with van der Waals surface area (Å²) in [5, 5.41) is 2.96. The van der Waals surface area contributed by atoms with Gasteiger partial charge in [-0.1, -0.05) is 31.5 Å². The number of carbonyl (C=O) groups is 1. The van der Waals surface area contributed by atoms with Gasteiger partial charge in [0.05, 0.1) is 29.9 Å². The molecule has 1 aliphatic carbocycles. The van der Waals surface area contributed by atoms with Gasteiger partial charge in [-0.05, 0) is 24.8 Å². The maximum atomic E-state index is 12.4. The fraction of sp³-hybridized carbons (Fsp3) is 0.533. The van der Waals surface area contributed by atoms with E-state index in [-0.39, 0.29) is 11.9 Å². The van der Waals surface area contributed by atoms with Crippen molar-refractivity contribution in [3.05, 3.63) is 24.0 Å². The average Bonchev–Trinajstić information content (AvgIpc) is 2.52. The van der Waals surface area contributed by atoms with E-state index in [1.807, 2.05) is 0 Å². The minimum atomic E-state index is -0.259. The van der Waals surface area contributed by atoms with Crippen LogP contribution in [0.3, 0.4) is 0 Å². The van der Waals surface area contributed by atoms with E-state index in [1.165, 1.54) is 19.7 Å². The van der Waals surface area contributed by atoms with E-state index in [9.17, 15) is 4.79 Å². The molecule has 0 spiro atoms. The van der Waals surface area contributed by atoms with Crippen LogP contribution in [0.15, 0.2) is 18.5 Å².